The third-order valence-corrected chi connectivity index (χ3v) is 3.78. The summed E-state index contributed by atoms with van der Waals surface area (Å²) in [6.45, 7) is 2.20. The lowest BCUT2D eigenvalue weighted by Gasteiger charge is -2.46. The fourth-order valence-electron chi connectivity index (χ4n) is 2.45. The van der Waals surface area contributed by atoms with Crippen LogP contribution in [0.4, 0.5) is 4.39 Å². The van der Waals surface area contributed by atoms with Crippen LogP contribution in [-0.4, -0.2) is 64.7 Å². The molecule has 0 spiro atoms. The second-order valence-corrected chi connectivity index (χ2v) is 5.20. The van der Waals surface area contributed by atoms with Gasteiger partial charge in [-0.2, -0.15) is 0 Å². The van der Waals surface area contributed by atoms with Crippen LogP contribution in [0.2, 0.25) is 0 Å². The molecular formula is C12H19FN2O5. The number of hydrogen-bond acceptors (Lipinski definition) is 6. The molecule has 1 fully saturated rings. The van der Waals surface area contributed by atoms with Gasteiger partial charge in [0.15, 0.2) is 11.9 Å². The number of ether oxygens (including phenoxy) is 2. The fourth-order valence-corrected chi connectivity index (χ4v) is 2.45. The molecule has 114 valence electrons. The van der Waals surface area contributed by atoms with Gasteiger partial charge in [0.25, 0.3) is 0 Å². The van der Waals surface area contributed by atoms with Crippen molar-refractivity contribution < 1.29 is 28.9 Å². The van der Waals surface area contributed by atoms with E-state index in [0.717, 1.165) is 0 Å². The van der Waals surface area contributed by atoms with Gasteiger partial charge in [-0.25, -0.2) is 4.39 Å². The third-order valence-electron chi connectivity index (χ3n) is 3.78. The first-order valence-corrected chi connectivity index (χ1v) is 6.23. The van der Waals surface area contributed by atoms with Crippen molar-refractivity contribution in [2.24, 2.45) is 0 Å². The molecule has 0 aliphatic carbocycles. The Bertz CT molecular complexity index is 430. The molecule has 2 heterocycles. The molecule has 7 nitrogen and oxygen atoms in total. The van der Waals surface area contributed by atoms with Crippen LogP contribution >= 0.6 is 0 Å². The zero-order chi connectivity index (χ0) is 15.1. The molecule has 2 aliphatic rings. The van der Waals surface area contributed by atoms with Gasteiger partial charge in [-0.1, -0.05) is 0 Å². The highest BCUT2D eigenvalue weighted by Gasteiger charge is 2.58. The van der Waals surface area contributed by atoms with E-state index in [-0.39, 0.29) is 5.91 Å². The summed E-state index contributed by atoms with van der Waals surface area (Å²) >= 11 is 0. The van der Waals surface area contributed by atoms with Gasteiger partial charge < -0.3 is 29.9 Å². The van der Waals surface area contributed by atoms with Crippen molar-refractivity contribution >= 4 is 5.91 Å². The predicted molar refractivity (Wildman–Crippen MR) is 65.8 cm³/mol. The lowest BCUT2D eigenvalue weighted by Crippen LogP contribution is -2.66. The first kappa shape index (κ1) is 15.2. The van der Waals surface area contributed by atoms with Crippen molar-refractivity contribution in [3.8, 4) is 0 Å². The number of aliphatic hydroxyl groups excluding tert-OH is 2. The largest absolute Gasteiger partial charge is 0.394 e. The summed E-state index contributed by atoms with van der Waals surface area (Å²) in [5, 5.41) is 21.5. The van der Waals surface area contributed by atoms with Gasteiger partial charge in [0.2, 0.25) is 11.8 Å². The Morgan fingerprint density at radius 1 is 1.60 bits per heavy atom. The molecule has 20 heavy (non-hydrogen) atoms. The number of rotatable bonds is 3. The molecule has 0 bridgehead atoms. The van der Waals surface area contributed by atoms with E-state index in [1.807, 2.05) is 0 Å². The van der Waals surface area contributed by atoms with Crippen molar-refractivity contribution in [2.75, 3.05) is 13.7 Å². The Labute approximate surface area is 116 Å². The van der Waals surface area contributed by atoms with Crippen LogP contribution in [0, 0.1) is 0 Å². The van der Waals surface area contributed by atoms with Crippen LogP contribution in [0.3, 0.4) is 0 Å². The Balaban J connectivity index is 2.34. The molecule has 8 heteroatoms. The summed E-state index contributed by atoms with van der Waals surface area (Å²) in [6, 6.07) is 0. The molecule has 0 saturated carbocycles. The minimum atomic E-state index is -2.14. The van der Waals surface area contributed by atoms with E-state index in [2.05, 4.69) is 5.32 Å². The topological polar surface area (TPSA) is 91.3 Å². The SMILES string of the molecule is COC1(C)NC(=O)C=CN1[C@@H]1O[C@H](CO)[C@@H](O)[C@@]1(C)F. The fraction of sp³-hybridized carbons (Fsp3) is 0.750. The van der Waals surface area contributed by atoms with Gasteiger partial charge in [-0.05, 0) is 6.92 Å². The number of nitrogens with one attached hydrogen (secondary N) is 1. The van der Waals surface area contributed by atoms with Gasteiger partial charge in [-0.3, -0.25) is 4.79 Å². The number of aliphatic hydroxyl groups is 2. The maximum absolute atomic E-state index is 14.7. The van der Waals surface area contributed by atoms with Crippen molar-refractivity contribution in [2.45, 2.75) is 43.8 Å². The van der Waals surface area contributed by atoms with Crippen molar-refractivity contribution in [3.05, 3.63) is 12.3 Å². The Morgan fingerprint density at radius 3 is 2.75 bits per heavy atom. The number of methoxy groups -OCH3 is 1. The molecule has 0 aromatic heterocycles. The maximum Gasteiger partial charge on any atom is 0.249 e. The molecule has 2 aliphatic heterocycles. The average Bonchev–Trinajstić information content (AvgIpc) is 2.62. The molecule has 1 saturated heterocycles. The number of halogens is 1. The van der Waals surface area contributed by atoms with E-state index >= 15 is 0 Å². The lowest BCUT2D eigenvalue weighted by molar-refractivity contribution is -0.213. The van der Waals surface area contributed by atoms with Gasteiger partial charge in [0.1, 0.15) is 12.2 Å². The van der Waals surface area contributed by atoms with Crippen molar-refractivity contribution in [3.63, 3.8) is 0 Å². The van der Waals surface area contributed by atoms with Crippen LogP contribution < -0.4 is 5.32 Å². The van der Waals surface area contributed by atoms with Crippen molar-refractivity contribution in [1.29, 1.82) is 0 Å². The zero-order valence-corrected chi connectivity index (χ0v) is 11.5. The highest BCUT2D eigenvalue weighted by Crippen LogP contribution is 2.39. The number of carbonyl (C=O) groups is 1. The molecule has 0 aromatic rings. The summed E-state index contributed by atoms with van der Waals surface area (Å²) < 4.78 is 25.3. The first-order valence-electron chi connectivity index (χ1n) is 6.23. The minimum absolute atomic E-state index is 0.386. The summed E-state index contributed by atoms with van der Waals surface area (Å²) in [4.78, 5) is 12.7. The smallest absolute Gasteiger partial charge is 0.249 e. The van der Waals surface area contributed by atoms with E-state index in [4.69, 9.17) is 14.6 Å². The summed E-state index contributed by atoms with van der Waals surface area (Å²) in [5.74, 6) is -1.70. The number of nitrogens with zero attached hydrogens (tertiary/aromatic N) is 1. The Hall–Kier alpha value is -1.22. The number of amides is 1. The molecule has 2 rings (SSSR count). The third kappa shape index (κ3) is 2.18. The van der Waals surface area contributed by atoms with Gasteiger partial charge >= 0.3 is 0 Å². The summed E-state index contributed by atoms with van der Waals surface area (Å²) in [7, 11) is 1.36. The second kappa shape index (κ2) is 4.96. The monoisotopic (exact) mass is 290 g/mol. The number of hydrogen-bond donors (Lipinski definition) is 3. The second-order valence-electron chi connectivity index (χ2n) is 5.20. The summed E-state index contributed by atoms with van der Waals surface area (Å²) in [5.41, 5.74) is -2.14. The van der Waals surface area contributed by atoms with Crippen LogP contribution in [0.25, 0.3) is 0 Å². The Morgan fingerprint density at radius 2 is 2.25 bits per heavy atom. The van der Waals surface area contributed by atoms with Gasteiger partial charge in [-0.15, -0.1) is 0 Å². The standard InChI is InChI=1S/C12H19FN2O5/c1-11(13)9(18)7(6-16)20-10(11)15-5-4-8(17)14-12(15,2)19-3/h4-5,7,9-10,16,18H,6H2,1-3H3,(H,14,17)/t7-,9-,10-,11-,12?/m1/s1. The molecule has 0 aromatic carbocycles. The lowest BCUT2D eigenvalue weighted by atomic mass is 9.97. The highest BCUT2D eigenvalue weighted by atomic mass is 19.1. The molecule has 3 N–H and O–H groups in total. The molecule has 1 unspecified atom stereocenters. The number of alkyl halides is 1. The number of carbonyl (C=O) groups excluding carboxylic acids is 1. The molecule has 0 radical (unpaired) electrons. The van der Waals surface area contributed by atoms with E-state index in [1.165, 1.54) is 38.1 Å². The van der Waals surface area contributed by atoms with Crippen LogP contribution in [0.1, 0.15) is 13.8 Å². The van der Waals surface area contributed by atoms with E-state index in [0.29, 0.717) is 0 Å². The van der Waals surface area contributed by atoms with Crippen molar-refractivity contribution in [1.82, 2.24) is 10.2 Å². The van der Waals surface area contributed by atoms with E-state index in [9.17, 15) is 14.3 Å². The first-order chi connectivity index (χ1) is 9.26. The van der Waals surface area contributed by atoms with E-state index in [1.54, 1.807) is 0 Å². The normalized spacial score (nSPS) is 44.8. The Kier molecular flexibility index (Phi) is 3.76. The average molecular weight is 290 g/mol. The molecular weight excluding hydrogens is 271 g/mol. The zero-order valence-electron chi connectivity index (χ0n) is 11.5. The summed E-state index contributed by atoms with van der Waals surface area (Å²) in [6.07, 6.45) is -1.18. The van der Waals surface area contributed by atoms with Crippen LogP contribution in [0.5, 0.6) is 0 Å². The van der Waals surface area contributed by atoms with Gasteiger partial charge in [0, 0.05) is 26.3 Å². The molecule has 1 amide bonds. The van der Waals surface area contributed by atoms with E-state index < -0.39 is 36.6 Å². The van der Waals surface area contributed by atoms with Gasteiger partial charge in [0.05, 0.1) is 6.61 Å². The highest BCUT2D eigenvalue weighted by molar-refractivity contribution is 5.88. The quantitative estimate of drug-likeness (QED) is 0.621. The minimum Gasteiger partial charge on any atom is -0.394 e. The van der Waals surface area contributed by atoms with Crippen LogP contribution in [0.15, 0.2) is 12.3 Å². The predicted octanol–water partition coefficient (Wildman–Crippen LogP) is -0.942. The van der Waals surface area contributed by atoms with Crippen LogP contribution in [-0.2, 0) is 14.3 Å². The maximum atomic E-state index is 14.7. The molecule has 5 atom stereocenters.